The summed E-state index contributed by atoms with van der Waals surface area (Å²) in [4.78, 5) is 4.34. The fourth-order valence-corrected chi connectivity index (χ4v) is 2.58. The molecule has 6 nitrogen and oxygen atoms in total. The Hall–Kier alpha value is -2.47. The van der Waals surface area contributed by atoms with E-state index in [2.05, 4.69) is 15.2 Å². The number of ether oxygens (including phenoxy) is 2. The van der Waals surface area contributed by atoms with Gasteiger partial charge in [-0.2, -0.15) is 0 Å². The van der Waals surface area contributed by atoms with Crippen LogP contribution in [0, 0.1) is 6.92 Å². The molecule has 1 aromatic carbocycles. The van der Waals surface area contributed by atoms with Gasteiger partial charge in [0.1, 0.15) is 17.6 Å². The van der Waals surface area contributed by atoms with Gasteiger partial charge in [-0.3, -0.25) is 4.57 Å². The van der Waals surface area contributed by atoms with Gasteiger partial charge in [0.2, 0.25) is 5.88 Å². The highest BCUT2D eigenvalue weighted by Gasteiger charge is 2.28. The standard InChI is InChI=1S/C16H18N4O2/c1-11-18-19-15(12-7-5-4-6-8-12)20(11)14-13(21-2)9-10-17-16(14)22-3/h4-8,10,13H,9H2,1-3H3/t13-/m1/s1. The third kappa shape index (κ3) is 2.42. The molecule has 0 amide bonds. The molecule has 0 fully saturated rings. The first-order chi connectivity index (χ1) is 10.8. The van der Waals surface area contributed by atoms with Crippen molar-refractivity contribution in [1.29, 1.82) is 0 Å². The minimum atomic E-state index is -0.149. The topological polar surface area (TPSA) is 61.5 Å². The van der Waals surface area contributed by atoms with Crippen LogP contribution < -0.4 is 0 Å². The Labute approximate surface area is 129 Å². The molecule has 0 unspecified atom stereocenters. The van der Waals surface area contributed by atoms with Crippen molar-refractivity contribution in [3.8, 4) is 11.4 Å². The maximum atomic E-state index is 5.60. The Morgan fingerprint density at radius 3 is 2.59 bits per heavy atom. The van der Waals surface area contributed by atoms with Gasteiger partial charge in [0.05, 0.1) is 7.11 Å². The molecule has 2 heterocycles. The number of hydrogen-bond donors (Lipinski definition) is 0. The Kier molecular flexibility index (Phi) is 4.02. The molecule has 2 aromatic rings. The minimum absolute atomic E-state index is 0.149. The average Bonchev–Trinajstić information content (AvgIpc) is 2.96. The fourth-order valence-electron chi connectivity index (χ4n) is 2.58. The lowest BCUT2D eigenvalue weighted by molar-refractivity contribution is 0.143. The highest BCUT2D eigenvalue weighted by atomic mass is 16.5. The van der Waals surface area contributed by atoms with Gasteiger partial charge in [-0.15, -0.1) is 10.2 Å². The molecule has 1 aromatic heterocycles. The van der Waals surface area contributed by atoms with Gasteiger partial charge in [-0.1, -0.05) is 30.3 Å². The van der Waals surface area contributed by atoms with Crippen LogP contribution in [-0.4, -0.2) is 41.3 Å². The van der Waals surface area contributed by atoms with Crippen molar-refractivity contribution in [3.05, 3.63) is 42.0 Å². The van der Waals surface area contributed by atoms with Gasteiger partial charge < -0.3 is 9.47 Å². The van der Waals surface area contributed by atoms with Crippen LogP contribution in [0.1, 0.15) is 12.2 Å². The Morgan fingerprint density at radius 1 is 1.14 bits per heavy atom. The lowest BCUT2D eigenvalue weighted by Crippen LogP contribution is -2.24. The highest BCUT2D eigenvalue weighted by Crippen LogP contribution is 2.30. The number of nitrogens with zero attached hydrogens (tertiary/aromatic N) is 4. The van der Waals surface area contributed by atoms with Gasteiger partial charge in [-0.25, -0.2) is 4.99 Å². The first kappa shape index (κ1) is 14.5. The van der Waals surface area contributed by atoms with Crippen LogP contribution in [0.5, 0.6) is 0 Å². The highest BCUT2D eigenvalue weighted by molar-refractivity contribution is 5.73. The molecular formula is C16H18N4O2. The average molecular weight is 298 g/mol. The molecule has 114 valence electrons. The van der Waals surface area contributed by atoms with Gasteiger partial charge in [0.25, 0.3) is 0 Å². The first-order valence-corrected chi connectivity index (χ1v) is 7.07. The number of rotatable bonds is 4. The SMILES string of the molecule is COC1=C(n2c(C)nnc2-c2ccccc2)[C@H](OC)CC=N1. The van der Waals surface area contributed by atoms with Crippen molar-refractivity contribution in [1.82, 2.24) is 14.8 Å². The monoisotopic (exact) mass is 298 g/mol. The second-order valence-corrected chi connectivity index (χ2v) is 4.94. The molecule has 1 aliphatic heterocycles. The van der Waals surface area contributed by atoms with Crippen molar-refractivity contribution < 1.29 is 9.47 Å². The second-order valence-electron chi connectivity index (χ2n) is 4.94. The van der Waals surface area contributed by atoms with Crippen molar-refractivity contribution in [2.24, 2.45) is 4.99 Å². The zero-order chi connectivity index (χ0) is 15.5. The molecule has 3 rings (SSSR count). The first-order valence-electron chi connectivity index (χ1n) is 7.07. The Morgan fingerprint density at radius 2 is 1.91 bits per heavy atom. The van der Waals surface area contributed by atoms with Crippen LogP contribution in [0.25, 0.3) is 17.1 Å². The number of benzene rings is 1. The number of aryl methyl sites for hydroxylation is 1. The summed E-state index contributed by atoms with van der Waals surface area (Å²) in [5, 5.41) is 8.54. The lowest BCUT2D eigenvalue weighted by Gasteiger charge is -2.24. The number of aliphatic imine (C=N–C) groups is 1. The van der Waals surface area contributed by atoms with Gasteiger partial charge >= 0.3 is 0 Å². The molecule has 0 spiro atoms. The summed E-state index contributed by atoms with van der Waals surface area (Å²) in [5.74, 6) is 2.04. The van der Waals surface area contributed by atoms with E-state index in [-0.39, 0.29) is 6.10 Å². The van der Waals surface area contributed by atoms with Gasteiger partial charge in [-0.05, 0) is 6.92 Å². The molecule has 6 heteroatoms. The zero-order valence-electron chi connectivity index (χ0n) is 12.9. The molecule has 22 heavy (non-hydrogen) atoms. The van der Waals surface area contributed by atoms with Crippen molar-refractivity contribution in [3.63, 3.8) is 0 Å². The Balaban J connectivity index is 2.21. The number of hydrogen-bond acceptors (Lipinski definition) is 5. The van der Waals surface area contributed by atoms with Gasteiger partial charge in [0.15, 0.2) is 5.82 Å². The van der Waals surface area contributed by atoms with Crippen molar-refractivity contribution >= 4 is 11.9 Å². The molecule has 0 N–H and O–H groups in total. The molecule has 0 saturated carbocycles. The molecule has 1 aliphatic rings. The fraction of sp³-hybridized carbons (Fsp3) is 0.312. The maximum absolute atomic E-state index is 5.60. The minimum Gasteiger partial charge on any atom is -0.480 e. The van der Waals surface area contributed by atoms with E-state index in [0.29, 0.717) is 12.3 Å². The third-order valence-corrected chi connectivity index (χ3v) is 3.63. The summed E-state index contributed by atoms with van der Waals surface area (Å²) in [6, 6.07) is 9.92. The van der Waals surface area contributed by atoms with E-state index in [9.17, 15) is 0 Å². The van der Waals surface area contributed by atoms with Crippen LogP contribution in [-0.2, 0) is 9.47 Å². The van der Waals surface area contributed by atoms with Crippen LogP contribution >= 0.6 is 0 Å². The normalized spacial score (nSPS) is 17.9. The quantitative estimate of drug-likeness (QED) is 0.870. The van der Waals surface area contributed by atoms with Crippen LogP contribution in [0.15, 0.2) is 41.2 Å². The summed E-state index contributed by atoms with van der Waals surface area (Å²) in [6.07, 6.45) is 2.34. The van der Waals surface area contributed by atoms with Gasteiger partial charge in [0, 0.05) is 25.3 Å². The molecular weight excluding hydrogens is 280 g/mol. The van der Waals surface area contributed by atoms with E-state index in [1.165, 1.54) is 0 Å². The van der Waals surface area contributed by atoms with E-state index in [1.807, 2.05) is 41.8 Å². The predicted octanol–water partition coefficient (Wildman–Crippen LogP) is 2.52. The summed E-state index contributed by atoms with van der Waals surface area (Å²) in [5.41, 5.74) is 1.81. The molecule has 0 radical (unpaired) electrons. The molecule has 0 saturated heterocycles. The molecule has 1 atom stereocenters. The zero-order valence-corrected chi connectivity index (χ0v) is 12.9. The lowest BCUT2D eigenvalue weighted by atomic mass is 10.1. The third-order valence-electron chi connectivity index (χ3n) is 3.63. The number of methoxy groups -OCH3 is 2. The van der Waals surface area contributed by atoms with Crippen LogP contribution in [0.3, 0.4) is 0 Å². The summed E-state index contributed by atoms with van der Waals surface area (Å²) >= 11 is 0. The smallest absolute Gasteiger partial charge is 0.236 e. The Bertz CT molecular complexity index is 719. The van der Waals surface area contributed by atoms with Crippen LogP contribution in [0.4, 0.5) is 0 Å². The predicted molar refractivity (Wildman–Crippen MR) is 84.3 cm³/mol. The largest absolute Gasteiger partial charge is 0.480 e. The maximum Gasteiger partial charge on any atom is 0.236 e. The molecule has 0 aliphatic carbocycles. The van der Waals surface area contributed by atoms with Crippen LogP contribution in [0.2, 0.25) is 0 Å². The summed E-state index contributed by atoms with van der Waals surface area (Å²) in [7, 11) is 3.28. The van der Waals surface area contributed by atoms with Crippen molar-refractivity contribution in [2.75, 3.05) is 14.2 Å². The van der Waals surface area contributed by atoms with E-state index < -0.39 is 0 Å². The van der Waals surface area contributed by atoms with E-state index in [1.54, 1.807) is 20.4 Å². The molecule has 0 bridgehead atoms. The summed E-state index contributed by atoms with van der Waals surface area (Å²) < 4.78 is 13.0. The van der Waals surface area contributed by atoms with E-state index in [4.69, 9.17) is 9.47 Å². The second kappa shape index (κ2) is 6.11. The van der Waals surface area contributed by atoms with E-state index >= 15 is 0 Å². The number of aromatic nitrogens is 3. The van der Waals surface area contributed by atoms with E-state index in [0.717, 1.165) is 22.9 Å². The van der Waals surface area contributed by atoms with Crippen molar-refractivity contribution in [2.45, 2.75) is 19.4 Å². The summed E-state index contributed by atoms with van der Waals surface area (Å²) in [6.45, 7) is 1.91.